The lowest BCUT2D eigenvalue weighted by Gasteiger charge is -2.35. The van der Waals surface area contributed by atoms with Crippen LogP contribution in [0.1, 0.15) is 30.6 Å². The first-order chi connectivity index (χ1) is 12.3. The Morgan fingerprint density at radius 3 is 2.38 bits per heavy atom. The van der Waals surface area contributed by atoms with Crippen molar-refractivity contribution in [1.82, 2.24) is 9.21 Å². The van der Waals surface area contributed by atoms with E-state index in [0.29, 0.717) is 51.2 Å². The molecule has 1 amide bonds. The molecule has 0 saturated carbocycles. The monoisotopic (exact) mass is 400 g/mol. The zero-order valence-corrected chi connectivity index (χ0v) is 16.7. The Labute approximate surface area is 160 Å². The number of nitrogens with zero attached hydrogens (tertiary/aromatic N) is 2. The van der Waals surface area contributed by atoms with Gasteiger partial charge >= 0.3 is 0 Å². The maximum Gasteiger partial charge on any atom is 0.255 e. The molecule has 0 aliphatic carbocycles. The van der Waals surface area contributed by atoms with E-state index in [1.807, 2.05) is 0 Å². The molecule has 1 aromatic rings. The van der Waals surface area contributed by atoms with Crippen molar-refractivity contribution in [2.45, 2.75) is 25.2 Å². The first kappa shape index (κ1) is 19.6. The van der Waals surface area contributed by atoms with Gasteiger partial charge in [-0.2, -0.15) is 4.31 Å². The molecule has 2 unspecified atom stereocenters. The Morgan fingerprint density at radius 1 is 1.15 bits per heavy atom. The lowest BCUT2D eigenvalue weighted by molar-refractivity contribution is 0.0623. The second kappa shape index (κ2) is 7.84. The number of halogens is 1. The van der Waals surface area contributed by atoms with Crippen LogP contribution in [0.3, 0.4) is 0 Å². The summed E-state index contributed by atoms with van der Waals surface area (Å²) in [7, 11) is -3.66. The number of hydrogen-bond acceptors (Lipinski definition) is 4. The minimum absolute atomic E-state index is 0.102. The van der Waals surface area contributed by atoms with Crippen molar-refractivity contribution in [1.29, 1.82) is 0 Å². The molecule has 2 fully saturated rings. The topological polar surface area (TPSA) is 66.9 Å². The van der Waals surface area contributed by atoms with Gasteiger partial charge in [-0.05, 0) is 36.5 Å². The summed E-state index contributed by atoms with van der Waals surface area (Å²) in [5.74, 6) is 0.635. The van der Waals surface area contributed by atoms with Gasteiger partial charge in [0.1, 0.15) is 0 Å². The van der Waals surface area contributed by atoms with E-state index in [9.17, 15) is 13.2 Å². The quantitative estimate of drug-likeness (QED) is 0.781. The van der Waals surface area contributed by atoms with E-state index in [4.69, 9.17) is 16.3 Å². The summed E-state index contributed by atoms with van der Waals surface area (Å²) < 4.78 is 32.3. The zero-order chi connectivity index (χ0) is 18.9. The second-order valence-corrected chi connectivity index (χ2v) is 9.66. The summed E-state index contributed by atoms with van der Waals surface area (Å²) in [4.78, 5) is 14.9. The average Bonchev–Trinajstić information content (AvgIpc) is 2.61. The van der Waals surface area contributed by atoms with Gasteiger partial charge in [0, 0.05) is 26.2 Å². The number of likely N-dealkylation sites (tertiary alicyclic amines) is 1. The molecule has 0 aromatic heterocycles. The largest absolute Gasteiger partial charge is 0.379 e. The molecule has 2 aliphatic rings. The fraction of sp³-hybridized carbons (Fsp3) is 0.611. The molecule has 3 rings (SSSR count). The van der Waals surface area contributed by atoms with Gasteiger partial charge in [-0.1, -0.05) is 25.4 Å². The van der Waals surface area contributed by atoms with Gasteiger partial charge in [0.15, 0.2) is 0 Å². The van der Waals surface area contributed by atoms with Crippen molar-refractivity contribution in [2.75, 3.05) is 39.4 Å². The van der Waals surface area contributed by atoms with Crippen LogP contribution in [-0.4, -0.2) is 62.9 Å². The van der Waals surface area contributed by atoms with E-state index in [-0.39, 0.29) is 21.4 Å². The molecule has 6 nitrogen and oxygen atoms in total. The summed E-state index contributed by atoms with van der Waals surface area (Å²) in [5, 5.41) is 0.279. The van der Waals surface area contributed by atoms with Gasteiger partial charge < -0.3 is 9.64 Å². The van der Waals surface area contributed by atoms with Crippen LogP contribution < -0.4 is 0 Å². The number of amides is 1. The number of rotatable bonds is 3. The van der Waals surface area contributed by atoms with Gasteiger partial charge in [0.25, 0.3) is 5.91 Å². The van der Waals surface area contributed by atoms with Crippen LogP contribution in [0.2, 0.25) is 5.02 Å². The highest BCUT2D eigenvalue weighted by Gasteiger charge is 2.30. The van der Waals surface area contributed by atoms with Crippen molar-refractivity contribution in [3.05, 3.63) is 28.8 Å². The second-order valence-electron chi connectivity index (χ2n) is 7.31. The smallest absolute Gasteiger partial charge is 0.255 e. The van der Waals surface area contributed by atoms with Crippen LogP contribution in [0.5, 0.6) is 0 Å². The minimum Gasteiger partial charge on any atom is -0.379 e. The van der Waals surface area contributed by atoms with E-state index < -0.39 is 10.0 Å². The number of piperidine rings is 1. The van der Waals surface area contributed by atoms with E-state index in [1.165, 1.54) is 22.5 Å². The van der Waals surface area contributed by atoms with Gasteiger partial charge in [0.05, 0.1) is 28.7 Å². The molecule has 2 saturated heterocycles. The van der Waals surface area contributed by atoms with Gasteiger partial charge in [-0.3, -0.25) is 4.79 Å². The van der Waals surface area contributed by atoms with Crippen molar-refractivity contribution in [3.8, 4) is 0 Å². The molecular formula is C18H25ClN2O4S. The summed E-state index contributed by atoms with van der Waals surface area (Å²) in [5.41, 5.74) is 0.252. The van der Waals surface area contributed by atoms with Crippen molar-refractivity contribution in [3.63, 3.8) is 0 Å². The van der Waals surface area contributed by atoms with Gasteiger partial charge in [-0.15, -0.1) is 0 Å². The van der Waals surface area contributed by atoms with Crippen LogP contribution in [0.25, 0.3) is 0 Å². The summed E-state index contributed by atoms with van der Waals surface area (Å²) in [6.45, 7) is 6.96. The molecule has 2 atom stereocenters. The molecular weight excluding hydrogens is 376 g/mol. The number of hydrogen-bond donors (Lipinski definition) is 0. The predicted molar refractivity (Wildman–Crippen MR) is 99.9 cm³/mol. The normalized spacial score (nSPS) is 25.3. The number of ether oxygens (including phenoxy) is 1. The Morgan fingerprint density at radius 2 is 1.77 bits per heavy atom. The SMILES string of the molecule is CC1CC(C)CN(C(=O)c2cc(S(=O)(=O)N3CCOCC3)ccc2Cl)C1. The van der Waals surface area contributed by atoms with Crippen molar-refractivity contribution in [2.24, 2.45) is 11.8 Å². The third kappa shape index (κ3) is 4.06. The standard InChI is InChI=1S/C18H25ClN2O4S/c1-13-9-14(2)12-20(11-13)18(22)16-10-15(3-4-17(16)19)26(23,24)21-5-7-25-8-6-21/h3-4,10,13-14H,5-9,11-12H2,1-2H3. The molecule has 0 N–H and O–H groups in total. The number of carbonyl (C=O) groups is 1. The van der Waals surface area contributed by atoms with E-state index >= 15 is 0 Å². The maximum atomic E-state index is 13.0. The lowest BCUT2D eigenvalue weighted by Crippen LogP contribution is -2.43. The first-order valence-electron chi connectivity index (χ1n) is 8.95. The number of sulfonamides is 1. The average molecular weight is 401 g/mol. The van der Waals surface area contributed by atoms with Crippen LogP contribution >= 0.6 is 11.6 Å². The number of benzene rings is 1. The first-order valence-corrected chi connectivity index (χ1v) is 10.8. The molecule has 2 heterocycles. The zero-order valence-electron chi connectivity index (χ0n) is 15.2. The number of carbonyl (C=O) groups excluding carboxylic acids is 1. The van der Waals surface area contributed by atoms with Crippen LogP contribution in [0, 0.1) is 11.8 Å². The highest BCUT2D eigenvalue weighted by Crippen LogP contribution is 2.27. The summed E-state index contributed by atoms with van der Waals surface area (Å²) >= 11 is 6.24. The Bertz CT molecular complexity index is 767. The third-order valence-electron chi connectivity index (χ3n) is 4.93. The fourth-order valence-electron chi connectivity index (χ4n) is 3.76. The molecule has 26 heavy (non-hydrogen) atoms. The molecule has 0 radical (unpaired) electrons. The molecule has 2 aliphatic heterocycles. The maximum absolute atomic E-state index is 13.0. The Kier molecular flexibility index (Phi) is 5.91. The highest BCUT2D eigenvalue weighted by molar-refractivity contribution is 7.89. The third-order valence-corrected chi connectivity index (χ3v) is 7.16. The summed E-state index contributed by atoms with van der Waals surface area (Å²) in [6, 6.07) is 4.38. The highest BCUT2D eigenvalue weighted by atomic mass is 35.5. The molecule has 144 valence electrons. The molecule has 8 heteroatoms. The predicted octanol–water partition coefficient (Wildman–Crippen LogP) is 2.48. The van der Waals surface area contributed by atoms with Gasteiger partial charge in [-0.25, -0.2) is 8.42 Å². The van der Waals surface area contributed by atoms with E-state index in [2.05, 4.69) is 13.8 Å². The van der Waals surface area contributed by atoms with E-state index in [1.54, 1.807) is 4.90 Å². The Hall–Kier alpha value is -1.15. The molecule has 0 bridgehead atoms. The summed E-state index contributed by atoms with van der Waals surface area (Å²) in [6.07, 6.45) is 1.09. The van der Waals surface area contributed by atoms with E-state index in [0.717, 1.165) is 6.42 Å². The van der Waals surface area contributed by atoms with Crippen LogP contribution in [0.4, 0.5) is 0 Å². The number of morpholine rings is 1. The Balaban J connectivity index is 1.89. The fourth-order valence-corrected chi connectivity index (χ4v) is 5.40. The molecule has 1 aromatic carbocycles. The lowest BCUT2D eigenvalue weighted by atomic mass is 9.91. The minimum atomic E-state index is -3.66. The van der Waals surface area contributed by atoms with Gasteiger partial charge in [0.2, 0.25) is 10.0 Å². The van der Waals surface area contributed by atoms with Crippen molar-refractivity contribution < 1.29 is 17.9 Å². The van der Waals surface area contributed by atoms with Crippen LogP contribution in [0.15, 0.2) is 23.1 Å². The van der Waals surface area contributed by atoms with Crippen LogP contribution in [-0.2, 0) is 14.8 Å². The van der Waals surface area contributed by atoms with Crippen molar-refractivity contribution >= 4 is 27.5 Å². The molecule has 0 spiro atoms.